The molecule has 0 aliphatic rings. The van der Waals surface area contributed by atoms with E-state index in [1.807, 2.05) is 6.07 Å². The van der Waals surface area contributed by atoms with Crippen LogP contribution in [0.4, 0.5) is 11.6 Å². The molecule has 0 spiro atoms. The quantitative estimate of drug-likeness (QED) is 0.860. The van der Waals surface area contributed by atoms with Crippen LogP contribution in [0.3, 0.4) is 0 Å². The molecule has 0 saturated carbocycles. The number of sulfonamides is 1. The number of hydrogen-bond acceptors (Lipinski definition) is 6. The molecule has 1 heterocycles. The fourth-order valence-electron chi connectivity index (χ4n) is 2.14. The van der Waals surface area contributed by atoms with Crippen molar-refractivity contribution < 1.29 is 8.42 Å². The van der Waals surface area contributed by atoms with Gasteiger partial charge < -0.3 is 5.73 Å². The third-order valence-corrected chi connectivity index (χ3v) is 6.30. The normalized spacial score (nSPS) is 12.7. The van der Waals surface area contributed by atoms with Gasteiger partial charge in [0.05, 0.1) is 5.69 Å². The molecule has 0 bridgehead atoms. The monoisotopic (exact) mass is 350 g/mol. The van der Waals surface area contributed by atoms with E-state index in [0.717, 1.165) is 11.8 Å². The van der Waals surface area contributed by atoms with E-state index in [4.69, 9.17) is 5.73 Å². The maximum atomic E-state index is 12.7. The van der Waals surface area contributed by atoms with E-state index < -0.39 is 10.0 Å². The van der Waals surface area contributed by atoms with Crippen LogP contribution in [-0.2, 0) is 10.0 Å². The molecule has 8 heteroatoms. The van der Waals surface area contributed by atoms with E-state index in [0.29, 0.717) is 22.5 Å². The first kappa shape index (κ1) is 17.3. The van der Waals surface area contributed by atoms with Crippen molar-refractivity contribution >= 4 is 39.0 Å². The van der Waals surface area contributed by atoms with Crippen LogP contribution < -0.4 is 10.5 Å². The fourth-order valence-corrected chi connectivity index (χ4v) is 4.61. The molecular weight excluding hydrogens is 332 g/mol. The second-order valence-corrected chi connectivity index (χ2v) is 7.51. The molecule has 2 rings (SSSR count). The van der Waals surface area contributed by atoms with E-state index in [1.54, 1.807) is 50.6 Å². The highest BCUT2D eigenvalue weighted by atomic mass is 32.3. The van der Waals surface area contributed by atoms with Crippen LogP contribution in [0, 0.1) is 6.92 Å². The van der Waals surface area contributed by atoms with E-state index in [1.165, 1.54) is 0 Å². The number of thioether (sulfide) groups is 1. The highest BCUT2D eigenvalue weighted by Gasteiger charge is 2.21. The van der Waals surface area contributed by atoms with Crippen molar-refractivity contribution in [3.8, 4) is 0 Å². The first-order valence-electron chi connectivity index (χ1n) is 6.77. The van der Waals surface area contributed by atoms with Gasteiger partial charge in [-0.1, -0.05) is 18.2 Å². The second kappa shape index (κ2) is 7.01. The Morgan fingerprint density at radius 3 is 2.48 bits per heavy atom. The topological polar surface area (TPSA) is 98.0 Å². The molecule has 0 fully saturated rings. The lowest BCUT2D eigenvalue weighted by atomic mass is 10.1. The molecule has 1 aromatic heterocycles. The summed E-state index contributed by atoms with van der Waals surface area (Å²) in [5, 5.41) is 0. The molecule has 0 saturated heterocycles. The fraction of sp³-hybridized carbons (Fsp3) is 0.200. The number of rotatable bonds is 5. The molecule has 0 aliphatic carbocycles. The number of aryl methyl sites for hydroxylation is 1. The Labute approximate surface area is 140 Å². The number of aromatic nitrogens is 2. The standard InChI is InChI=1S/C15H18N4O2S2/c1-10(13-9-17-15(16)18-11(13)2)14(22-3)23(20,21)19-12-7-5-4-6-8-12/h4-9,19H,1-3H3,(H2,16,17,18)/b14-10-. The summed E-state index contributed by atoms with van der Waals surface area (Å²) in [5.74, 6) is 0.162. The maximum Gasteiger partial charge on any atom is 0.268 e. The smallest absolute Gasteiger partial charge is 0.268 e. The minimum Gasteiger partial charge on any atom is -0.368 e. The Bertz CT molecular complexity index is 834. The van der Waals surface area contributed by atoms with Crippen molar-refractivity contribution in [3.05, 3.63) is 52.0 Å². The largest absolute Gasteiger partial charge is 0.368 e. The van der Waals surface area contributed by atoms with Crippen molar-refractivity contribution in [2.24, 2.45) is 0 Å². The number of hydrogen-bond donors (Lipinski definition) is 2. The molecule has 0 radical (unpaired) electrons. The predicted molar refractivity (Wildman–Crippen MR) is 96.3 cm³/mol. The summed E-state index contributed by atoms with van der Waals surface area (Å²) < 4.78 is 28.1. The maximum absolute atomic E-state index is 12.7. The molecule has 0 atom stereocenters. The van der Waals surface area contributed by atoms with E-state index in [-0.39, 0.29) is 10.2 Å². The van der Waals surface area contributed by atoms with E-state index >= 15 is 0 Å². The molecule has 2 aromatic rings. The summed E-state index contributed by atoms with van der Waals surface area (Å²) in [6.45, 7) is 3.50. The third-order valence-electron chi connectivity index (χ3n) is 3.16. The summed E-state index contributed by atoms with van der Waals surface area (Å²) in [5.41, 5.74) is 7.93. The summed E-state index contributed by atoms with van der Waals surface area (Å²) in [4.78, 5) is 8.04. The minimum atomic E-state index is -3.69. The summed E-state index contributed by atoms with van der Waals surface area (Å²) in [6, 6.07) is 8.75. The molecule has 1 aromatic carbocycles. The average Bonchev–Trinajstić information content (AvgIpc) is 2.47. The molecule has 122 valence electrons. The van der Waals surface area contributed by atoms with E-state index in [2.05, 4.69) is 14.7 Å². The SMILES string of the molecule is CS/C(=C(\C)c1cnc(N)nc1C)S(=O)(=O)Nc1ccccc1. The second-order valence-electron chi connectivity index (χ2n) is 4.82. The van der Waals surface area contributed by atoms with Gasteiger partial charge in [0, 0.05) is 17.4 Å². The summed E-state index contributed by atoms with van der Waals surface area (Å²) in [7, 11) is -3.69. The van der Waals surface area contributed by atoms with Crippen molar-refractivity contribution in [3.63, 3.8) is 0 Å². The Hall–Kier alpha value is -2.06. The van der Waals surface area contributed by atoms with Gasteiger partial charge in [-0.2, -0.15) is 0 Å². The van der Waals surface area contributed by atoms with Gasteiger partial charge in [-0.05, 0) is 37.8 Å². The predicted octanol–water partition coefficient (Wildman–Crippen LogP) is 2.86. The van der Waals surface area contributed by atoms with Gasteiger partial charge in [0.1, 0.15) is 4.24 Å². The van der Waals surface area contributed by atoms with Crippen LogP contribution in [0.1, 0.15) is 18.2 Å². The Morgan fingerprint density at radius 2 is 1.91 bits per heavy atom. The van der Waals surface area contributed by atoms with Gasteiger partial charge in [-0.15, -0.1) is 11.8 Å². The third kappa shape index (κ3) is 4.02. The zero-order valence-corrected chi connectivity index (χ0v) is 14.7. The molecular formula is C15H18N4O2S2. The highest BCUT2D eigenvalue weighted by Crippen LogP contribution is 2.31. The van der Waals surface area contributed by atoms with E-state index in [9.17, 15) is 8.42 Å². The summed E-state index contributed by atoms with van der Waals surface area (Å²) >= 11 is 1.15. The highest BCUT2D eigenvalue weighted by molar-refractivity contribution is 8.19. The number of para-hydroxylation sites is 1. The number of nitrogens with zero attached hydrogens (tertiary/aromatic N) is 2. The van der Waals surface area contributed by atoms with Crippen molar-refractivity contribution in [1.82, 2.24) is 9.97 Å². The Balaban J connectivity index is 2.47. The van der Waals surface area contributed by atoms with Gasteiger partial charge in [0.15, 0.2) is 0 Å². The van der Waals surface area contributed by atoms with Gasteiger partial charge in [0.25, 0.3) is 10.0 Å². The molecule has 23 heavy (non-hydrogen) atoms. The van der Waals surface area contributed by atoms with Crippen LogP contribution >= 0.6 is 11.8 Å². The van der Waals surface area contributed by atoms with Crippen LogP contribution in [-0.4, -0.2) is 24.6 Å². The lowest BCUT2D eigenvalue weighted by molar-refractivity contribution is 0.609. The van der Waals surface area contributed by atoms with Gasteiger partial charge in [-0.3, -0.25) is 4.72 Å². The van der Waals surface area contributed by atoms with Crippen LogP contribution in [0.25, 0.3) is 5.57 Å². The Kier molecular flexibility index (Phi) is 5.27. The molecule has 0 aliphatic heterocycles. The van der Waals surface area contributed by atoms with Crippen LogP contribution in [0.2, 0.25) is 0 Å². The average molecular weight is 350 g/mol. The van der Waals surface area contributed by atoms with Gasteiger partial charge in [-0.25, -0.2) is 18.4 Å². The number of anilines is 2. The number of nitrogen functional groups attached to an aromatic ring is 1. The van der Waals surface area contributed by atoms with Crippen molar-refractivity contribution in [2.75, 3.05) is 16.7 Å². The van der Waals surface area contributed by atoms with Crippen LogP contribution in [0.15, 0.2) is 40.8 Å². The molecule has 0 unspecified atom stereocenters. The first-order chi connectivity index (χ1) is 10.8. The van der Waals surface area contributed by atoms with Crippen LogP contribution in [0.5, 0.6) is 0 Å². The summed E-state index contributed by atoms with van der Waals surface area (Å²) in [6.07, 6.45) is 3.26. The van der Waals surface area contributed by atoms with Gasteiger partial charge >= 0.3 is 0 Å². The lowest BCUT2D eigenvalue weighted by Gasteiger charge is -2.14. The molecule has 3 N–H and O–H groups in total. The number of benzene rings is 1. The number of nitrogens with two attached hydrogens (primary N) is 1. The molecule has 0 amide bonds. The first-order valence-corrected chi connectivity index (χ1v) is 9.48. The van der Waals surface area contributed by atoms with Crippen molar-refractivity contribution in [2.45, 2.75) is 13.8 Å². The zero-order chi connectivity index (χ0) is 17.0. The minimum absolute atomic E-state index is 0.162. The molecule has 6 nitrogen and oxygen atoms in total. The number of allylic oxidation sites excluding steroid dienone is 1. The Morgan fingerprint density at radius 1 is 1.26 bits per heavy atom. The van der Waals surface area contributed by atoms with Crippen molar-refractivity contribution in [1.29, 1.82) is 0 Å². The lowest BCUT2D eigenvalue weighted by Crippen LogP contribution is -2.14. The zero-order valence-electron chi connectivity index (χ0n) is 13.1. The van der Waals surface area contributed by atoms with Gasteiger partial charge in [0.2, 0.25) is 5.95 Å². The number of nitrogens with one attached hydrogen (secondary N) is 1.